The van der Waals surface area contributed by atoms with E-state index in [2.05, 4.69) is 0 Å². The molecule has 0 radical (unpaired) electrons. The number of amides is 1. The Hall–Kier alpha value is -3.39. The number of benzene rings is 2. The zero-order valence-corrected chi connectivity index (χ0v) is 18.5. The average molecular weight is 474 g/mol. The summed E-state index contributed by atoms with van der Waals surface area (Å²) in [7, 11) is 0. The van der Waals surface area contributed by atoms with Crippen molar-refractivity contribution in [3.05, 3.63) is 63.7 Å². The van der Waals surface area contributed by atoms with Gasteiger partial charge in [-0.05, 0) is 50.1 Å². The van der Waals surface area contributed by atoms with E-state index in [-0.39, 0.29) is 23.1 Å². The fourth-order valence-corrected chi connectivity index (χ4v) is 4.31. The van der Waals surface area contributed by atoms with Gasteiger partial charge in [0, 0.05) is 41.7 Å². The van der Waals surface area contributed by atoms with Crippen molar-refractivity contribution < 1.29 is 28.2 Å². The Morgan fingerprint density at radius 2 is 2.00 bits per heavy atom. The number of hydrogen-bond acceptors (Lipinski definition) is 5. The summed E-state index contributed by atoms with van der Waals surface area (Å²) in [5.41, 5.74) is 0.562. The molecule has 2 aromatic carbocycles. The van der Waals surface area contributed by atoms with Crippen LogP contribution in [0.5, 0.6) is 5.75 Å². The topological polar surface area (TPSA) is 97.0 Å². The lowest BCUT2D eigenvalue weighted by Crippen LogP contribution is -2.47. The molecule has 0 bridgehead atoms. The third-order valence-electron chi connectivity index (χ3n) is 5.68. The minimum Gasteiger partial charge on any atom is -0.481 e. The van der Waals surface area contributed by atoms with Gasteiger partial charge in [-0.1, -0.05) is 11.6 Å². The van der Waals surface area contributed by atoms with Crippen molar-refractivity contribution in [1.82, 2.24) is 4.90 Å². The minimum atomic E-state index is -0.914. The van der Waals surface area contributed by atoms with Crippen LogP contribution in [0, 0.1) is 11.7 Å². The third-order valence-corrected chi connectivity index (χ3v) is 5.99. The van der Waals surface area contributed by atoms with Crippen LogP contribution < -0.4 is 10.4 Å². The molecule has 3 aromatic rings. The van der Waals surface area contributed by atoms with Crippen molar-refractivity contribution >= 4 is 34.4 Å². The summed E-state index contributed by atoms with van der Waals surface area (Å²) in [5, 5.41) is 9.96. The molecule has 2 heterocycles. The molecule has 1 aliphatic rings. The largest absolute Gasteiger partial charge is 0.481 e. The number of aliphatic carboxylic acids is 1. The van der Waals surface area contributed by atoms with Crippen LogP contribution in [0.25, 0.3) is 22.1 Å². The smallest absolute Gasteiger partial charge is 0.336 e. The second kappa shape index (κ2) is 9.23. The van der Waals surface area contributed by atoms with E-state index in [4.69, 9.17) is 20.8 Å². The molecule has 7 nitrogen and oxygen atoms in total. The first-order valence-electron chi connectivity index (χ1n) is 10.4. The van der Waals surface area contributed by atoms with Crippen LogP contribution in [0.3, 0.4) is 0 Å². The molecule has 2 atom stereocenters. The van der Waals surface area contributed by atoms with E-state index in [0.29, 0.717) is 41.6 Å². The summed E-state index contributed by atoms with van der Waals surface area (Å²) < 4.78 is 24.5. The van der Waals surface area contributed by atoms with E-state index in [0.717, 1.165) is 6.07 Å². The van der Waals surface area contributed by atoms with Crippen LogP contribution in [-0.4, -0.2) is 41.1 Å². The van der Waals surface area contributed by atoms with Gasteiger partial charge in [0.1, 0.15) is 17.1 Å². The van der Waals surface area contributed by atoms with Crippen molar-refractivity contribution in [2.24, 2.45) is 5.92 Å². The normalized spacial score (nSPS) is 17.1. The number of likely N-dealkylation sites (tertiary alicyclic amines) is 1. The Balaban J connectivity index is 1.59. The summed E-state index contributed by atoms with van der Waals surface area (Å²) in [5.74, 6) is -1.99. The molecule has 1 saturated heterocycles. The van der Waals surface area contributed by atoms with Gasteiger partial charge >= 0.3 is 11.6 Å². The molecule has 1 fully saturated rings. The molecule has 1 amide bonds. The number of ether oxygens (including phenoxy) is 1. The number of piperidine rings is 1. The number of hydrogen-bond donors (Lipinski definition) is 1. The lowest BCUT2D eigenvalue weighted by Gasteiger charge is -2.32. The highest BCUT2D eigenvalue weighted by atomic mass is 35.5. The van der Waals surface area contributed by atoms with Crippen LogP contribution in [0.15, 0.2) is 51.7 Å². The SMILES string of the molecule is CC(Oc1ccc2c(-c3ccc(F)cc3Cl)cc(=O)oc2c1)C(=O)N1CCCC(C(=O)O)C1. The maximum absolute atomic E-state index is 13.5. The summed E-state index contributed by atoms with van der Waals surface area (Å²) in [6.07, 6.45) is 0.292. The number of nitrogens with zero attached hydrogens (tertiary/aromatic N) is 1. The lowest BCUT2D eigenvalue weighted by molar-refractivity contribution is -0.147. The Morgan fingerprint density at radius 3 is 2.73 bits per heavy atom. The molecule has 1 aliphatic heterocycles. The highest BCUT2D eigenvalue weighted by molar-refractivity contribution is 6.33. The molecule has 0 saturated carbocycles. The zero-order chi connectivity index (χ0) is 23.7. The van der Waals surface area contributed by atoms with Crippen LogP contribution in [0.1, 0.15) is 19.8 Å². The maximum atomic E-state index is 13.5. The second-order valence-electron chi connectivity index (χ2n) is 7.98. The van der Waals surface area contributed by atoms with Gasteiger partial charge in [0.25, 0.3) is 5.91 Å². The van der Waals surface area contributed by atoms with Gasteiger partial charge in [-0.25, -0.2) is 9.18 Å². The van der Waals surface area contributed by atoms with E-state index >= 15 is 0 Å². The summed E-state index contributed by atoms with van der Waals surface area (Å²) in [6, 6.07) is 9.98. The molecular weight excluding hydrogens is 453 g/mol. The van der Waals surface area contributed by atoms with Gasteiger partial charge in [0.05, 0.1) is 10.9 Å². The van der Waals surface area contributed by atoms with Gasteiger partial charge in [-0.2, -0.15) is 0 Å². The quantitative estimate of drug-likeness (QED) is 0.553. The monoisotopic (exact) mass is 473 g/mol. The van der Waals surface area contributed by atoms with Crippen LogP contribution in [0.2, 0.25) is 5.02 Å². The first-order chi connectivity index (χ1) is 15.7. The summed E-state index contributed by atoms with van der Waals surface area (Å²) >= 11 is 6.18. The lowest BCUT2D eigenvalue weighted by atomic mass is 9.98. The Kier molecular flexibility index (Phi) is 6.37. The molecule has 0 aliphatic carbocycles. The molecule has 4 rings (SSSR count). The highest BCUT2D eigenvalue weighted by Crippen LogP contribution is 2.34. The van der Waals surface area contributed by atoms with Crippen molar-refractivity contribution in [3.8, 4) is 16.9 Å². The molecule has 9 heteroatoms. The van der Waals surface area contributed by atoms with Crippen molar-refractivity contribution in [1.29, 1.82) is 0 Å². The van der Waals surface area contributed by atoms with Crippen molar-refractivity contribution in [2.75, 3.05) is 13.1 Å². The number of carbonyl (C=O) groups excluding carboxylic acids is 1. The average Bonchev–Trinajstić information content (AvgIpc) is 2.78. The molecule has 2 unspecified atom stereocenters. The zero-order valence-electron chi connectivity index (χ0n) is 17.7. The van der Waals surface area contributed by atoms with E-state index in [1.165, 1.54) is 29.2 Å². The third kappa shape index (κ3) is 4.85. The summed E-state index contributed by atoms with van der Waals surface area (Å²) in [6.45, 7) is 2.21. The molecule has 33 heavy (non-hydrogen) atoms. The number of carboxylic acids is 1. The molecule has 172 valence electrons. The van der Waals surface area contributed by atoms with E-state index in [1.807, 2.05) is 0 Å². The molecular formula is C24H21ClFNO6. The predicted octanol–water partition coefficient (Wildman–Crippen LogP) is 4.34. The number of rotatable bonds is 5. The van der Waals surface area contributed by atoms with Crippen LogP contribution in [0.4, 0.5) is 4.39 Å². The first-order valence-corrected chi connectivity index (χ1v) is 10.8. The van der Waals surface area contributed by atoms with Crippen molar-refractivity contribution in [3.63, 3.8) is 0 Å². The molecule has 1 N–H and O–H groups in total. The van der Waals surface area contributed by atoms with E-state index in [9.17, 15) is 23.9 Å². The number of carbonyl (C=O) groups is 2. The number of fused-ring (bicyclic) bond motifs is 1. The fourth-order valence-electron chi connectivity index (χ4n) is 4.04. The Bertz CT molecular complexity index is 1290. The molecule has 1 aromatic heterocycles. The number of halogens is 2. The Morgan fingerprint density at radius 1 is 1.21 bits per heavy atom. The maximum Gasteiger partial charge on any atom is 0.336 e. The van der Waals surface area contributed by atoms with Gasteiger partial charge in [0.15, 0.2) is 6.10 Å². The van der Waals surface area contributed by atoms with Crippen LogP contribution >= 0.6 is 11.6 Å². The van der Waals surface area contributed by atoms with Gasteiger partial charge in [0.2, 0.25) is 0 Å². The van der Waals surface area contributed by atoms with E-state index < -0.39 is 29.4 Å². The second-order valence-corrected chi connectivity index (χ2v) is 8.39. The molecule has 0 spiro atoms. The number of carboxylic acid groups (broad SMARTS) is 1. The van der Waals surface area contributed by atoms with Crippen LogP contribution in [-0.2, 0) is 9.59 Å². The fraction of sp³-hybridized carbons (Fsp3) is 0.292. The van der Waals surface area contributed by atoms with Crippen molar-refractivity contribution in [2.45, 2.75) is 25.9 Å². The minimum absolute atomic E-state index is 0.149. The van der Waals surface area contributed by atoms with Gasteiger partial charge < -0.3 is 19.2 Å². The predicted molar refractivity (Wildman–Crippen MR) is 120 cm³/mol. The highest BCUT2D eigenvalue weighted by Gasteiger charge is 2.31. The standard InChI is InChI=1S/C24H21ClFNO6/c1-13(23(29)27-8-2-3-14(12-27)24(30)31)32-16-5-7-18-19(11-22(28)33-21(18)10-16)17-6-4-15(26)9-20(17)25/h4-7,9-11,13-14H,2-3,8,12H2,1H3,(H,30,31). The summed E-state index contributed by atoms with van der Waals surface area (Å²) in [4.78, 5) is 37.7. The van der Waals surface area contributed by atoms with E-state index in [1.54, 1.807) is 19.1 Å². The van der Waals surface area contributed by atoms with Gasteiger partial charge in [-0.3, -0.25) is 9.59 Å². The Labute approximate surface area is 193 Å². The first kappa shape index (κ1) is 22.8. The van der Waals surface area contributed by atoms with Gasteiger partial charge in [-0.15, -0.1) is 0 Å².